The average Bonchev–Trinajstić information content (AvgIpc) is 3.73. The first-order chi connectivity index (χ1) is 22.5. The van der Waals surface area contributed by atoms with Crippen molar-refractivity contribution >= 4 is 66.1 Å². The van der Waals surface area contributed by atoms with E-state index in [1.54, 1.807) is 0 Å². The minimum Gasteiger partial charge on any atom is -0.455 e. The van der Waals surface area contributed by atoms with Crippen molar-refractivity contribution < 1.29 is 13.3 Å². The van der Waals surface area contributed by atoms with Crippen LogP contribution in [0.2, 0.25) is 0 Å². The number of pyridine rings is 2. The van der Waals surface area contributed by atoms with Crippen molar-refractivity contribution in [1.82, 2.24) is 9.97 Å². The SMILES string of the molecule is CC(C)(C)c1ccc2oc3nc(-c4cccc5c4oc4c(-c6ccc7c(n6)oc6ccc(C(C)(C)C)cc67)cccc45)ccc3c2c1. The second-order valence-corrected chi connectivity index (χ2v) is 14.7. The second-order valence-electron chi connectivity index (χ2n) is 14.7. The Balaban J connectivity index is 1.18. The van der Waals surface area contributed by atoms with E-state index in [2.05, 4.69) is 139 Å². The van der Waals surface area contributed by atoms with Crippen LogP contribution >= 0.6 is 0 Å². The van der Waals surface area contributed by atoms with Gasteiger partial charge in [0.25, 0.3) is 0 Å². The molecule has 5 nitrogen and oxygen atoms in total. The highest BCUT2D eigenvalue weighted by atomic mass is 16.3. The van der Waals surface area contributed by atoms with Crippen LogP contribution < -0.4 is 0 Å². The first-order valence-electron chi connectivity index (χ1n) is 16.2. The number of benzene rings is 4. The van der Waals surface area contributed by atoms with Crippen LogP contribution in [0.15, 0.2) is 110 Å². The van der Waals surface area contributed by atoms with Gasteiger partial charge in [0, 0.05) is 43.4 Å². The third-order valence-corrected chi connectivity index (χ3v) is 9.48. The van der Waals surface area contributed by atoms with Crippen molar-refractivity contribution in [2.75, 3.05) is 0 Å². The number of aromatic nitrogens is 2. The maximum atomic E-state index is 6.73. The predicted octanol–water partition coefficient (Wildman–Crippen LogP) is 12.1. The molecule has 0 saturated carbocycles. The quantitative estimate of drug-likeness (QED) is 0.194. The fourth-order valence-electron chi connectivity index (χ4n) is 6.77. The van der Waals surface area contributed by atoms with E-state index in [0.717, 1.165) is 77.2 Å². The largest absolute Gasteiger partial charge is 0.455 e. The van der Waals surface area contributed by atoms with Gasteiger partial charge in [-0.1, -0.05) is 77.9 Å². The van der Waals surface area contributed by atoms with Crippen molar-refractivity contribution in [2.24, 2.45) is 0 Å². The van der Waals surface area contributed by atoms with Crippen LogP contribution in [-0.2, 0) is 10.8 Å². The summed E-state index contributed by atoms with van der Waals surface area (Å²) in [5, 5.41) is 6.25. The summed E-state index contributed by atoms with van der Waals surface area (Å²) in [7, 11) is 0. The van der Waals surface area contributed by atoms with Crippen molar-refractivity contribution in [1.29, 1.82) is 0 Å². The predicted molar refractivity (Wildman–Crippen MR) is 192 cm³/mol. The number of nitrogens with zero attached hydrogens (tertiary/aromatic N) is 2. The lowest BCUT2D eigenvalue weighted by molar-refractivity contribution is 0.590. The molecule has 5 heteroatoms. The number of fused-ring (bicyclic) bond motifs is 9. The highest BCUT2D eigenvalue weighted by Gasteiger charge is 2.21. The molecule has 0 aliphatic rings. The van der Waals surface area contributed by atoms with Gasteiger partial charge >= 0.3 is 0 Å². The summed E-state index contributed by atoms with van der Waals surface area (Å²) in [6.45, 7) is 13.3. The van der Waals surface area contributed by atoms with Gasteiger partial charge in [-0.2, -0.15) is 0 Å². The molecule has 47 heavy (non-hydrogen) atoms. The summed E-state index contributed by atoms with van der Waals surface area (Å²) in [4.78, 5) is 10.0. The molecule has 0 fully saturated rings. The molecule has 9 aromatic rings. The Morgan fingerprint density at radius 1 is 0.426 bits per heavy atom. The molecule has 0 unspecified atom stereocenters. The maximum absolute atomic E-state index is 6.73. The van der Waals surface area contributed by atoms with E-state index in [1.165, 1.54) is 11.1 Å². The van der Waals surface area contributed by atoms with Crippen LogP contribution in [0.5, 0.6) is 0 Å². The molecule has 0 bridgehead atoms. The lowest BCUT2D eigenvalue weighted by Crippen LogP contribution is -2.10. The average molecular weight is 615 g/mol. The van der Waals surface area contributed by atoms with Gasteiger partial charge in [-0.25, -0.2) is 9.97 Å². The van der Waals surface area contributed by atoms with Crippen molar-refractivity contribution in [2.45, 2.75) is 52.4 Å². The molecule has 0 amide bonds. The Labute approximate surface area is 271 Å². The number of rotatable bonds is 2. The number of hydrogen-bond acceptors (Lipinski definition) is 5. The highest BCUT2D eigenvalue weighted by molar-refractivity contribution is 6.13. The zero-order chi connectivity index (χ0) is 32.2. The van der Waals surface area contributed by atoms with E-state index in [9.17, 15) is 0 Å². The maximum Gasteiger partial charge on any atom is 0.227 e. The van der Waals surface area contributed by atoms with E-state index in [4.69, 9.17) is 23.2 Å². The first kappa shape index (κ1) is 27.9. The Hall–Kier alpha value is -5.42. The topological polar surface area (TPSA) is 65.2 Å². The summed E-state index contributed by atoms with van der Waals surface area (Å²) in [6, 6.07) is 33.6. The number of para-hydroxylation sites is 2. The summed E-state index contributed by atoms with van der Waals surface area (Å²) >= 11 is 0. The number of furan rings is 3. The summed E-state index contributed by atoms with van der Waals surface area (Å²) in [5.74, 6) is 0. The third-order valence-electron chi connectivity index (χ3n) is 9.48. The molecule has 0 spiro atoms. The summed E-state index contributed by atoms with van der Waals surface area (Å²) in [5.41, 5.74) is 10.5. The van der Waals surface area contributed by atoms with Gasteiger partial charge < -0.3 is 13.3 Å². The zero-order valence-electron chi connectivity index (χ0n) is 27.4. The molecule has 230 valence electrons. The molecular formula is C42H34N2O3. The van der Waals surface area contributed by atoms with Crippen molar-refractivity contribution in [3.05, 3.63) is 108 Å². The van der Waals surface area contributed by atoms with E-state index < -0.39 is 0 Å². The van der Waals surface area contributed by atoms with Crippen molar-refractivity contribution in [3.8, 4) is 22.5 Å². The highest BCUT2D eigenvalue weighted by Crippen LogP contribution is 2.41. The molecule has 0 saturated heterocycles. The molecule has 9 rings (SSSR count). The molecular weight excluding hydrogens is 580 g/mol. The van der Waals surface area contributed by atoms with Gasteiger partial charge in [-0.15, -0.1) is 0 Å². The van der Waals surface area contributed by atoms with E-state index in [-0.39, 0.29) is 10.8 Å². The standard InChI is InChI=1S/C42H34N2O3/c1-41(2,3)23-13-19-35-31(21-23)27-15-17-33(43-39(27)45-35)29-11-7-9-25-26-10-8-12-30(38(26)47-37(25)29)34-18-16-28-32-22-24(42(4,5)6)14-20-36(32)46-40(28)44-34/h7-22H,1-6H3. The number of hydrogen-bond donors (Lipinski definition) is 0. The fourth-order valence-corrected chi connectivity index (χ4v) is 6.77. The Bertz CT molecular complexity index is 2520. The first-order valence-corrected chi connectivity index (χ1v) is 16.2. The molecule has 0 aliphatic heterocycles. The normalized spacial score (nSPS) is 12.9. The monoisotopic (exact) mass is 614 g/mol. The molecule has 0 N–H and O–H groups in total. The lowest BCUT2D eigenvalue weighted by atomic mass is 9.86. The smallest absolute Gasteiger partial charge is 0.227 e. The molecule has 4 aromatic carbocycles. The summed E-state index contributed by atoms with van der Waals surface area (Å²) in [6.07, 6.45) is 0. The lowest BCUT2D eigenvalue weighted by Gasteiger charge is -2.18. The van der Waals surface area contributed by atoms with Crippen LogP contribution in [0.4, 0.5) is 0 Å². The van der Waals surface area contributed by atoms with Crippen LogP contribution in [0.25, 0.3) is 88.6 Å². The Morgan fingerprint density at radius 3 is 1.30 bits per heavy atom. The molecule has 0 aliphatic carbocycles. The van der Waals surface area contributed by atoms with Crippen molar-refractivity contribution in [3.63, 3.8) is 0 Å². The molecule has 5 aromatic heterocycles. The van der Waals surface area contributed by atoms with Gasteiger partial charge in [0.05, 0.1) is 11.4 Å². The van der Waals surface area contributed by atoms with Gasteiger partial charge in [0.15, 0.2) is 0 Å². The second kappa shape index (κ2) is 9.55. The Morgan fingerprint density at radius 2 is 0.872 bits per heavy atom. The van der Waals surface area contributed by atoms with Gasteiger partial charge in [-0.3, -0.25) is 0 Å². The van der Waals surface area contributed by atoms with E-state index >= 15 is 0 Å². The third kappa shape index (κ3) is 4.30. The van der Waals surface area contributed by atoms with Crippen LogP contribution in [-0.4, -0.2) is 9.97 Å². The molecule has 0 radical (unpaired) electrons. The van der Waals surface area contributed by atoms with E-state index in [0.29, 0.717) is 11.4 Å². The minimum absolute atomic E-state index is 0.0461. The van der Waals surface area contributed by atoms with Crippen LogP contribution in [0.3, 0.4) is 0 Å². The van der Waals surface area contributed by atoms with Gasteiger partial charge in [0.1, 0.15) is 22.3 Å². The minimum atomic E-state index is 0.0461. The van der Waals surface area contributed by atoms with Crippen LogP contribution in [0.1, 0.15) is 52.7 Å². The zero-order valence-corrected chi connectivity index (χ0v) is 27.4. The van der Waals surface area contributed by atoms with Crippen LogP contribution in [0, 0.1) is 0 Å². The van der Waals surface area contributed by atoms with Gasteiger partial charge in [0.2, 0.25) is 11.4 Å². The van der Waals surface area contributed by atoms with Gasteiger partial charge in [-0.05, 0) is 82.6 Å². The molecule has 5 heterocycles. The fraction of sp³-hybridized carbons (Fsp3) is 0.190. The molecule has 0 atom stereocenters. The Kier molecular flexibility index (Phi) is 5.66. The summed E-state index contributed by atoms with van der Waals surface area (Å²) < 4.78 is 19.2. The van der Waals surface area contributed by atoms with E-state index in [1.807, 2.05) is 0 Å².